The Bertz CT molecular complexity index is 1530. The average molecular weight is 703 g/mol. The van der Waals surface area contributed by atoms with Crippen LogP contribution in [0, 0.1) is 5.82 Å². The van der Waals surface area contributed by atoms with Crippen molar-refractivity contribution in [3.63, 3.8) is 0 Å². The number of carbonyl (C=O) groups is 4. The Balaban J connectivity index is 1.22. The van der Waals surface area contributed by atoms with Gasteiger partial charge in [-0.2, -0.15) is 14.7 Å². The predicted molar refractivity (Wildman–Crippen MR) is 166 cm³/mol. The molecule has 2 aromatic rings. The third-order valence-corrected chi connectivity index (χ3v) is 11.2. The van der Waals surface area contributed by atoms with E-state index >= 15 is 4.39 Å². The summed E-state index contributed by atoms with van der Waals surface area (Å²) in [6, 6.07) is 9.75. The number of carbonyl (C=O) groups excluding carboxylic acids is 4. The summed E-state index contributed by atoms with van der Waals surface area (Å²) in [5, 5.41) is 2.88. The molecule has 2 aliphatic heterocycles. The second-order valence-corrected chi connectivity index (χ2v) is 14.9. The molecule has 0 aromatic heterocycles. The zero-order valence-electron chi connectivity index (χ0n) is 25.1. The Hall–Kier alpha value is -3.89. The molecule has 2 aromatic carbocycles. The van der Waals surface area contributed by atoms with Gasteiger partial charge in [0.05, 0.1) is 24.5 Å². The maximum atomic E-state index is 15.1. The highest BCUT2D eigenvalue weighted by Crippen LogP contribution is 2.65. The van der Waals surface area contributed by atoms with Gasteiger partial charge in [0, 0.05) is 45.2 Å². The van der Waals surface area contributed by atoms with Gasteiger partial charge in [0.25, 0.3) is 11.3 Å². The minimum absolute atomic E-state index is 0.143. The zero-order chi connectivity index (χ0) is 34.5. The largest absolute Gasteiger partial charge is 0.442 e. The van der Waals surface area contributed by atoms with Gasteiger partial charge in [-0.3, -0.25) is 24.4 Å². The number of benzene rings is 2. The molecule has 1 unspecified atom stereocenters. The maximum Gasteiger partial charge on any atom is 0.419 e. The van der Waals surface area contributed by atoms with E-state index in [4.69, 9.17) is 9.47 Å². The van der Waals surface area contributed by atoms with Crippen LogP contribution in [0.3, 0.4) is 0 Å². The fraction of sp³-hybridized carbons (Fsp3) is 0.407. The van der Waals surface area contributed by atoms with E-state index in [0.29, 0.717) is 18.8 Å². The lowest BCUT2D eigenvalue weighted by molar-refractivity contribution is -0.134. The van der Waals surface area contributed by atoms with E-state index in [9.17, 15) is 48.2 Å². The molecule has 17 nitrogen and oxygen atoms in total. The van der Waals surface area contributed by atoms with Crippen LogP contribution in [-0.2, 0) is 30.0 Å². The summed E-state index contributed by atoms with van der Waals surface area (Å²) >= 11 is 0. The lowest BCUT2D eigenvalue weighted by atomic mass is 10.1. The molecule has 0 saturated carbocycles. The second-order valence-electron chi connectivity index (χ2n) is 10.8. The molecule has 2 heterocycles. The average Bonchev–Trinajstić information content (AvgIpc) is 3.37. The lowest BCUT2D eigenvalue weighted by Gasteiger charge is -2.36. The molecule has 0 spiro atoms. The molecular weight excluding hydrogens is 667 g/mol. The van der Waals surface area contributed by atoms with Gasteiger partial charge in [-0.15, -0.1) is 0 Å². The number of amides is 4. The van der Waals surface area contributed by atoms with Gasteiger partial charge in [0.15, 0.2) is 6.61 Å². The van der Waals surface area contributed by atoms with Crippen LogP contribution < -0.4 is 20.4 Å². The van der Waals surface area contributed by atoms with Gasteiger partial charge in [-0.25, -0.2) is 14.0 Å². The van der Waals surface area contributed by atoms with E-state index in [0.717, 1.165) is 0 Å². The molecular formula is C27H35FN5O12P2+. The van der Waals surface area contributed by atoms with Crippen LogP contribution in [0.25, 0.3) is 0 Å². The number of piperazine rings is 1. The molecule has 2 fully saturated rings. The standard InChI is InChI=1S/C27H34FN5O12P2/c1-17(34)29-14-21-15-33(27(37)45-21)20-6-7-23(22(28)13-20)31-8-10-32(11-9-31)24(35)16-44-26(36)30-19-4-2-18(3-5-19)12-25(46(38,39)40)47(41,42)43/h2-7,13,21,25,38-40H,8-12,14-16H2,1H3,(H3-,29,30,34,36,41,42,43)/p+1/t21-,25?/m0/s1. The van der Waals surface area contributed by atoms with Crippen molar-refractivity contribution < 1.29 is 62.1 Å². The topological polar surface area (TPSA) is 239 Å². The number of cyclic esters (lactones) is 1. The first-order valence-electron chi connectivity index (χ1n) is 14.2. The van der Waals surface area contributed by atoms with E-state index in [1.807, 2.05) is 0 Å². The number of rotatable bonds is 11. The molecule has 20 heteroatoms. The summed E-state index contributed by atoms with van der Waals surface area (Å²) in [7, 11) is -9.88. The minimum atomic E-state index is -5.03. The zero-order valence-corrected chi connectivity index (χ0v) is 26.8. The summed E-state index contributed by atoms with van der Waals surface area (Å²) < 4.78 is 36.9. The predicted octanol–water partition coefficient (Wildman–Crippen LogP) is 0.970. The Labute approximate surface area is 268 Å². The molecule has 0 radical (unpaired) electrons. The number of ether oxygens (including phenoxy) is 2. The van der Waals surface area contributed by atoms with Gasteiger partial charge in [0.2, 0.25) is 5.91 Å². The van der Waals surface area contributed by atoms with Crippen molar-refractivity contribution in [1.29, 1.82) is 0 Å². The van der Waals surface area contributed by atoms with Gasteiger partial charge in [-0.1, -0.05) is 12.1 Å². The maximum absolute atomic E-state index is 15.1. The van der Waals surface area contributed by atoms with E-state index in [1.165, 1.54) is 53.1 Å². The van der Waals surface area contributed by atoms with Crippen LogP contribution in [0.4, 0.5) is 31.0 Å². The first kappa shape index (κ1) is 36.0. The number of hydrogen-bond donors (Lipinski definition) is 7. The summed E-state index contributed by atoms with van der Waals surface area (Å²) in [6.45, 7) is 2.11. The van der Waals surface area contributed by atoms with Crippen LogP contribution in [0.15, 0.2) is 42.5 Å². The van der Waals surface area contributed by atoms with Crippen LogP contribution >= 0.6 is 15.5 Å². The molecule has 2 aliphatic rings. The van der Waals surface area contributed by atoms with Crippen molar-refractivity contribution in [2.75, 3.05) is 61.0 Å². The summed E-state index contributed by atoms with van der Waals surface area (Å²) in [5.41, 5.74) is 1.04. The second kappa shape index (κ2) is 14.9. The third kappa shape index (κ3) is 9.81. The van der Waals surface area contributed by atoms with Crippen molar-refractivity contribution in [3.8, 4) is 0 Å². The van der Waals surface area contributed by atoms with E-state index in [2.05, 4.69) is 10.6 Å². The lowest BCUT2D eigenvalue weighted by Crippen LogP contribution is -2.50. The van der Waals surface area contributed by atoms with Crippen LogP contribution in [-0.4, -0.2) is 111 Å². The highest BCUT2D eigenvalue weighted by molar-refractivity contribution is 7.74. The van der Waals surface area contributed by atoms with E-state index in [1.54, 1.807) is 11.0 Å². The Morgan fingerprint density at radius 2 is 1.74 bits per heavy atom. The Morgan fingerprint density at radius 3 is 2.32 bits per heavy atom. The quantitative estimate of drug-likeness (QED) is 0.162. The normalized spacial score (nSPS) is 17.6. The molecule has 256 valence electrons. The molecule has 2 saturated heterocycles. The first-order chi connectivity index (χ1) is 22.0. The van der Waals surface area contributed by atoms with Gasteiger partial charge >= 0.3 is 27.7 Å². The van der Waals surface area contributed by atoms with E-state index < -0.39 is 64.0 Å². The van der Waals surface area contributed by atoms with E-state index in [-0.39, 0.29) is 49.0 Å². The minimum Gasteiger partial charge on any atom is -0.442 e. The van der Waals surface area contributed by atoms with Crippen molar-refractivity contribution in [2.24, 2.45) is 0 Å². The van der Waals surface area contributed by atoms with Crippen LogP contribution in [0.2, 0.25) is 0 Å². The summed E-state index contributed by atoms with van der Waals surface area (Å²) in [6.07, 6.45) is -2.70. The number of nitrogens with zero attached hydrogens (tertiary/aromatic N) is 3. The fourth-order valence-electron chi connectivity index (χ4n) is 4.96. The molecule has 47 heavy (non-hydrogen) atoms. The molecule has 0 aliphatic carbocycles. The Morgan fingerprint density at radius 1 is 1.09 bits per heavy atom. The number of halogens is 1. The number of anilines is 3. The highest BCUT2D eigenvalue weighted by atomic mass is 31.3. The van der Waals surface area contributed by atoms with Gasteiger partial charge in [-0.05, 0) is 35.9 Å². The summed E-state index contributed by atoms with van der Waals surface area (Å²) in [4.78, 5) is 99.5. The van der Waals surface area contributed by atoms with Crippen molar-refractivity contribution in [3.05, 3.63) is 53.8 Å². The SMILES string of the molecule is CC(=O)NC[C@H]1CN(c2ccc(N3CCN(C(=O)COC(=O)Nc4ccc(CC(P(=O)(O)O)[P+](O)(O)O)cc4)CC3)c(F)c2)C(=O)O1. The van der Waals surface area contributed by atoms with Gasteiger partial charge in [0.1, 0.15) is 11.9 Å². The molecule has 0 bridgehead atoms. The number of hydrogen-bond acceptors (Lipinski definition) is 11. The highest BCUT2D eigenvalue weighted by Gasteiger charge is 2.54. The Kier molecular flexibility index (Phi) is 11.4. The molecule has 4 amide bonds. The molecule has 4 rings (SSSR count). The third-order valence-electron chi connectivity index (χ3n) is 7.40. The van der Waals surface area contributed by atoms with Crippen LogP contribution in [0.1, 0.15) is 12.5 Å². The van der Waals surface area contributed by atoms with Crippen molar-refractivity contribution in [2.45, 2.75) is 24.8 Å². The molecule has 7 N–H and O–H groups in total. The van der Waals surface area contributed by atoms with Crippen LogP contribution in [0.5, 0.6) is 0 Å². The monoisotopic (exact) mass is 702 g/mol. The fourth-order valence-corrected chi connectivity index (χ4v) is 7.48. The van der Waals surface area contributed by atoms with Crippen molar-refractivity contribution >= 4 is 56.6 Å². The summed E-state index contributed by atoms with van der Waals surface area (Å²) in [5.74, 6) is -1.30. The number of nitrogens with one attached hydrogen (secondary N) is 2. The molecule has 2 atom stereocenters. The smallest absolute Gasteiger partial charge is 0.419 e. The first-order valence-corrected chi connectivity index (χ1v) is 17.6. The van der Waals surface area contributed by atoms with Gasteiger partial charge < -0.3 is 34.4 Å². The van der Waals surface area contributed by atoms with Crippen molar-refractivity contribution in [1.82, 2.24) is 10.2 Å².